The van der Waals surface area contributed by atoms with Gasteiger partial charge >= 0.3 is 5.97 Å². The lowest BCUT2D eigenvalue weighted by atomic mass is 9.50. The second kappa shape index (κ2) is 8.90. The summed E-state index contributed by atoms with van der Waals surface area (Å²) in [7, 11) is 0. The third-order valence-electron chi connectivity index (χ3n) is 7.97. The molecule has 2 unspecified atom stereocenters. The molecule has 1 aromatic rings. The first-order valence-electron chi connectivity index (χ1n) is 11.3. The van der Waals surface area contributed by atoms with E-state index in [-0.39, 0.29) is 16.5 Å². The van der Waals surface area contributed by atoms with Crippen molar-refractivity contribution in [2.75, 3.05) is 6.61 Å². The maximum atomic E-state index is 14.8. The van der Waals surface area contributed by atoms with Crippen LogP contribution in [0, 0.1) is 34.9 Å². The molecule has 4 saturated carbocycles. The molecule has 0 radical (unpaired) electrons. The summed E-state index contributed by atoms with van der Waals surface area (Å²) >= 11 is 7.75. The van der Waals surface area contributed by atoms with Gasteiger partial charge in [0.2, 0.25) is 0 Å². The van der Waals surface area contributed by atoms with Gasteiger partial charge in [0.05, 0.1) is 17.5 Å². The predicted molar refractivity (Wildman–Crippen MR) is 119 cm³/mol. The molecule has 0 aromatic heterocycles. The fraction of sp³-hybridized carbons (Fsp3) is 0.708. The molecule has 2 bridgehead atoms. The summed E-state index contributed by atoms with van der Waals surface area (Å²) in [6.45, 7) is 5.30. The quantitative estimate of drug-likeness (QED) is 0.499. The van der Waals surface area contributed by atoms with E-state index in [1.54, 1.807) is 6.07 Å². The lowest BCUT2D eigenvalue weighted by Crippen LogP contribution is -2.51. The summed E-state index contributed by atoms with van der Waals surface area (Å²) in [5.74, 6) is 1.04. The number of rotatable bonds is 6. The minimum atomic E-state index is -0.794. The van der Waals surface area contributed by atoms with Gasteiger partial charge in [0.1, 0.15) is 11.6 Å². The van der Waals surface area contributed by atoms with Crippen LogP contribution in [-0.2, 0) is 4.79 Å². The minimum Gasteiger partial charge on any atom is -0.491 e. The number of halogens is 2. The van der Waals surface area contributed by atoms with Crippen LogP contribution in [-0.4, -0.2) is 22.9 Å². The van der Waals surface area contributed by atoms with Crippen LogP contribution >= 0.6 is 23.4 Å². The van der Waals surface area contributed by atoms with Crippen molar-refractivity contribution in [3.63, 3.8) is 0 Å². The normalized spacial score (nSPS) is 35.9. The number of hydrogen-bond donors (Lipinski definition) is 1. The maximum absolute atomic E-state index is 14.8. The van der Waals surface area contributed by atoms with Gasteiger partial charge in [-0.15, -0.1) is 11.8 Å². The number of ether oxygens (including phenoxy) is 1. The zero-order valence-corrected chi connectivity index (χ0v) is 19.4. The number of fused-ring (bicyclic) bond motifs is 4. The monoisotopic (exact) mass is 454 g/mol. The van der Waals surface area contributed by atoms with Crippen LogP contribution in [0.4, 0.5) is 4.39 Å². The maximum Gasteiger partial charge on any atom is 0.307 e. The molecule has 4 fully saturated rings. The van der Waals surface area contributed by atoms with Crippen molar-refractivity contribution in [2.45, 2.75) is 75.4 Å². The van der Waals surface area contributed by atoms with Crippen LogP contribution in [0.1, 0.15) is 65.2 Å². The van der Waals surface area contributed by atoms with Crippen LogP contribution in [0.15, 0.2) is 17.0 Å². The Morgan fingerprint density at radius 3 is 2.83 bits per heavy atom. The highest BCUT2D eigenvalue weighted by Crippen LogP contribution is 2.58. The minimum absolute atomic E-state index is 0.108. The topological polar surface area (TPSA) is 46.5 Å². The summed E-state index contributed by atoms with van der Waals surface area (Å²) < 4.78 is 20.9. The van der Waals surface area contributed by atoms with E-state index in [9.17, 15) is 14.3 Å². The average molecular weight is 455 g/mol. The standard InChI is InChI=1S/C24H32ClFO3S/c1-14-5-4-8-24(12-16(9-14)15(24)2)13-29-20-11-19(26)22(10-18(20)25)30-21-7-3-6-17(21)23(27)28/h10-11,14-17,21H,3-9,12-13H2,1-2H3,(H,27,28)/t14?,15-,16+,17-,21-,24?/m1/s1. The largest absolute Gasteiger partial charge is 0.491 e. The summed E-state index contributed by atoms with van der Waals surface area (Å²) in [6, 6.07) is 3.00. The van der Waals surface area contributed by atoms with Crippen molar-refractivity contribution in [1.82, 2.24) is 0 Å². The van der Waals surface area contributed by atoms with Gasteiger partial charge < -0.3 is 9.84 Å². The molecule has 0 saturated heterocycles. The number of carboxylic acids is 1. The first-order chi connectivity index (χ1) is 14.3. The number of thioether (sulfide) groups is 1. The van der Waals surface area contributed by atoms with Crippen molar-refractivity contribution in [3.05, 3.63) is 23.0 Å². The molecule has 1 aromatic carbocycles. The Hall–Kier alpha value is -0.940. The zero-order chi connectivity index (χ0) is 21.5. The summed E-state index contributed by atoms with van der Waals surface area (Å²) in [5, 5.41) is 9.67. The molecule has 0 spiro atoms. The van der Waals surface area contributed by atoms with Crippen LogP contribution in [0.2, 0.25) is 5.02 Å². The van der Waals surface area contributed by atoms with Gasteiger partial charge in [0, 0.05) is 21.6 Å². The van der Waals surface area contributed by atoms with E-state index >= 15 is 0 Å². The Morgan fingerprint density at radius 2 is 2.10 bits per heavy atom. The fourth-order valence-electron chi connectivity index (χ4n) is 5.99. The van der Waals surface area contributed by atoms with Crippen LogP contribution in [0.25, 0.3) is 0 Å². The number of carboxylic acid groups (broad SMARTS) is 1. The van der Waals surface area contributed by atoms with E-state index in [2.05, 4.69) is 13.8 Å². The van der Waals surface area contributed by atoms with Gasteiger partial charge in [-0.2, -0.15) is 0 Å². The molecular formula is C24H32ClFO3S. The second-order valence-electron chi connectivity index (χ2n) is 9.88. The summed E-state index contributed by atoms with van der Waals surface area (Å²) in [5.41, 5.74) is 0.191. The van der Waals surface area contributed by atoms with Crippen molar-refractivity contribution < 1.29 is 19.0 Å². The SMILES string of the molecule is CC1CCCC2(COc3cc(F)c(S[C@@H]4CCC[C@H]4C(=O)O)cc3Cl)C[C@H](C1)[C@H]2C. The van der Waals surface area contributed by atoms with Crippen LogP contribution in [0.5, 0.6) is 5.75 Å². The van der Waals surface area contributed by atoms with E-state index in [1.165, 1.54) is 49.9 Å². The van der Waals surface area contributed by atoms with Gasteiger partial charge in [-0.3, -0.25) is 4.79 Å². The number of aliphatic carboxylic acids is 1. The van der Waals surface area contributed by atoms with Gasteiger partial charge in [-0.1, -0.05) is 44.7 Å². The Kier molecular flexibility index (Phi) is 6.60. The molecule has 4 aliphatic rings. The van der Waals surface area contributed by atoms with E-state index in [0.717, 1.165) is 24.7 Å². The number of benzene rings is 1. The molecule has 1 N–H and O–H groups in total. The van der Waals surface area contributed by atoms with Gasteiger partial charge in [-0.25, -0.2) is 4.39 Å². The predicted octanol–water partition coefficient (Wildman–Crippen LogP) is 7.06. The molecule has 6 atom stereocenters. The van der Waals surface area contributed by atoms with E-state index in [4.69, 9.17) is 16.3 Å². The van der Waals surface area contributed by atoms with Crippen molar-refractivity contribution in [2.24, 2.45) is 29.1 Å². The Balaban J connectivity index is 1.42. The molecule has 166 valence electrons. The smallest absolute Gasteiger partial charge is 0.307 e. The molecule has 5 rings (SSSR count). The molecule has 6 heteroatoms. The number of hydrogen-bond acceptors (Lipinski definition) is 3. The average Bonchev–Trinajstić information content (AvgIpc) is 3.14. The third kappa shape index (κ3) is 4.34. The molecule has 30 heavy (non-hydrogen) atoms. The molecular weight excluding hydrogens is 423 g/mol. The molecule has 0 aliphatic heterocycles. The van der Waals surface area contributed by atoms with Gasteiger partial charge in [-0.05, 0) is 55.9 Å². The van der Waals surface area contributed by atoms with E-state index in [1.807, 2.05) is 0 Å². The van der Waals surface area contributed by atoms with Crippen molar-refractivity contribution >= 4 is 29.3 Å². The Morgan fingerprint density at radius 1 is 1.30 bits per heavy atom. The summed E-state index contributed by atoms with van der Waals surface area (Å²) in [4.78, 5) is 11.8. The lowest BCUT2D eigenvalue weighted by molar-refractivity contribution is -0.141. The van der Waals surface area contributed by atoms with Crippen molar-refractivity contribution in [3.8, 4) is 5.75 Å². The van der Waals surface area contributed by atoms with Crippen molar-refractivity contribution in [1.29, 1.82) is 0 Å². The van der Waals surface area contributed by atoms with E-state index < -0.39 is 11.9 Å². The highest BCUT2D eigenvalue weighted by Gasteiger charge is 2.52. The number of carbonyl (C=O) groups is 1. The zero-order valence-electron chi connectivity index (χ0n) is 17.8. The lowest BCUT2D eigenvalue weighted by Gasteiger charge is -2.56. The highest BCUT2D eigenvalue weighted by molar-refractivity contribution is 8.00. The third-order valence-corrected chi connectivity index (χ3v) is 9.70. The molecule has 0 amide bonds. The van der Waals surface area contributed by atoms with Crippen LogP contribution < -0.4 is 4.74 Å². The Labute approximate surface area is 188 Å². The Bertz CT molecular complexity index is 799. The molecule has 0 heterocycles. The first kappa shape index (κ1) is 22.3. The van der Waals surface area contributed by atoms with Crippen LogP contribution in [0.3, 0.4) is 0 Å². The van der Waals surface area contributed by atoms with E-state index in [0.29, 0.717) is 34.6 Å². The first-order valence-corrected chi connectivity index (χ1v) is 12.6. The highest BCUT2D eigenvalue weighted by atomic mass is 35.5. The molecule has 3 nitrogen and oxygen atoms in total. The molecule has 4 aliphatic carbocycles. The fourth-order valence-corrected chi connectivity index (χ4v) is 7.65. The van der Waals surface area contributed by atoms with Gasteiger partial charge in [0.15, 0.2) is 0 Å². The van der Waals surface area contributed by atoms with Gasteiger partial charge in [0.25, 0.3) is 0 Å². The summed E-state index contributed by atoms with van der Waals surface area (Å²) in [6.07, 6.45) is 8.50. The second-order valence-corrected chi connectivity index (χ2v) is 11.6.